The molecule has 2 fully saturated rings. The maximum absolute atomic E-state index is 12.7. The van der Waals surface area contributed by atoms with Crippen molar-refractivity contribution >= 4 is 34.4 Å². The predicted molar refractivity (Wildman–Crippen MR) is 105 cm³/mol. The fourth-order valence-electron chi connectivity index (χ4n) is 3.42. The Bertz CT molecular complexity index is 857. The van der Waals surface area contributed by atoms with Gasteiger partial charge in [0.2, 0.25) is 10.0 Å². The zero-order valence-electron chi connectivity index (χ0n) is 15.7. The summed E-state index contributed by atoms with van der Waals surface area (Å²) in [4.78, 5) is 23.8. The number of benzene rings is 1. The molecule has 2 atom stereocenters. The number of ether oxygens (including phenoxy) is 1. The number of nitrogens with one attached hydrogen (secondary N) is 4. The Morgan fingerprint density at radius 3 is 2.64 bits per heavy atom. The van der Waals surface area contributed by atoms with Crippen LogP contribution in [0.2, 0.25) is 0 Å². The molecule has 2 heterocycles. The van der Waals surface area contributed by atoms with E-state index in [0.717, 1.165) is 25.9 Å². The normalized spacial score (nSPS) is 24.4. The highest BCUT2D eigenvalue weighted by molar-refractivity contribution is 7.89. The Morgan fingerprint density at radius 1 is 1.32 bits per heavy atom. The molecule has 3 amide bonds. The number of methoxy groups -OCH3 is 1. The minimum absolute atomic E-state index is 0. The van der Waals surface area contributed by atoms with Gasteiger partial charge in [-0.3, -0.25) is 10.1 Å². The molecule has 0 bridgehead atoms. The molecular formula is C17H25ClN4O5S. The first-order valence-corrected chi connectivity index (χ1v) is 10.3. The Morgan fingerprint density at radius 2 is 2.07 bits per heavy atom. The number of sulfonamides is 1. The number of carbonyl (C=O) groups excluding carboxylic acids is 2. The number of hydrogen-bond acceptors (Lipinski definition) is 6. The number of rotatable bonds is 7. The van der Waals surface area contributed by atoms with Gasteiger partial charge in [-0.2, -0.15) is 0 Å². The molecule has 2 aliphatic heterocycles. The van der Waals surface area contributed by atoms with E-state index in [2.05, 4.69) is 20.7 Å². The van der Waals surface area contributed by atoms with Crippen molar-refractivity contribution in [3.05, 3.63) is 23.8 Å². The summed E-state index contributed by atoms with van der Waals surface area (Å²) in [5, 5.41) is 7.95. The van der Waals surface area contributed by atoms with Crippen molar-refractivity contribution in [2.75, 3.05) is 26.7 Å². The summed E-state index contributed by atoms with van der Waals surface area (Å²) in [6.45, 7) is 3.71. The Labute approximate surface area is 170 Å². The fourth-order valence-corrected chi connectivity index (χ4v) is 4.49. The molecule has 2 saturated heterocycles. The summed E-state index contributed by atoms with van der Waals surface area (Å²) in [7, 11) is -2.34. The Hall–Kier alpha value is -1.88. The highest BCUT2D eigenvalue weighted by atomic mass is 35.5. The van der Waals surface area contributed by atoms with E-state index in [0.29, 0.717) is 18.2 Å². The molecule has 2 unspecified atom stereocenters. The van der Waals surface area contributed by atoms with E-state index >= 15 is 0 Å². The van der Waals surface area contributed by atoms with E-state index in [1.807, 2.05) is 0 Å². The summed E-state index contributed by atoms with van der Waals surface area (Å²) in [6.07, 6.45) is 1.80. The van der Waals surface area contributed by atoms with Crippen LogP contribution in [0.25, 0.3) is 0 Å². The lowest BCUT2D eigenvalue weighted by molar-refractivity contribution is -0.123. The summed E-state index contributed by atoms with van der Waals surface area (Å²) >= 11 is 0. The quantitative estimate of drug-likeness (QED) is 0.463. The maximum atomic E-state index is 12.7. The first-order chi connectivity index (χ1) is 12.8. The van der Waals surface area contributed by atoms with E-state index < -0.39 is 27.5 Å². The van der Waals surface area contributed by atoms with Crippen LogP contribution in [0.3, 0.4) is 0 Å². The second-order valence-corrected chi connectivity index (χ2v) is 8.71. The van der Waals surface area contributed by atoms with E-state index in [4.69, 9.17) is 4.74 Å². The highest BCUT2D eigenvalue weighted by Crippen LogP contribution is 2.34. The molecule has 28 heavy (non-hydrogen) atoms. The molecule has 9 nitrogen and oxygen atoms in total. The molecule has 0 aromatic heterocycles. The van der Waals surface area contributed by atoms with Gasteiger partial charge in [0.1, 0.15) is 11.3 Å². The zero-order valence-corrected chi connectivity index (χ0v) is 17.3. The number of halogens is 1. The molecule has 0 saturated carbocycles. The van der Waals surface area contributed by atoms with Crippen LogP contribution < -0.4 is 25.4 Å². The SMILES string of the molecule is COc1ccc(S(=O)(=O)NCCC2CCNC2)cc1C1(C)NC(=O)NC1=O.Cl. The van der Waals surface area contributed by atoms with Crippen LogP contribution in [-0.2, 0) is 20.4 Å². The lowest BCUT2D eigenvalue weighted by Crippen LogP contribution is -2.41. The molecule has 3 rings (SSSR count). The van der Waals surface area contributed by atoms with Crippen molar-refractivity contribution in [2.45, 2.75) is 30.2 Å². The van der Waals surface area contributed by atoms with Crippen molar-refractivity contribution in [3.63, 3.8) is 0 Å². The third-order valence-corrected chi connectivity index (χ3v) is 6.53. The standard InChI is InChI=1S/C17H24N4O5S.ClH/c1-17(15(22)20-16(23)21-17)13-9-12(3-4-14(13)26-2)27(24,25)19-8-6-11-5-7-18-10-11;/h3-4,9,11,18-19H,5-8,10H2,1-2H3,(H2,20,21,22,23);1H. The minimum Gasteiger partial charge on any atom is -0.496 e. The van der Waals surface area contributed by atoms with E-state index in [9.17, 15) is 18.0 Å². The van der Waals surface area contributed by atoms with E-state index in [1.54, 1.807) is 0 Å². The average Bonchev–Trinajstić information content (AvgIpc) is 3.22. The summed E-state index contributed by atoms with van der Waals surface area (Å²) in [6, 6.07) is 3.62. The average molecular weight is 433 g/mol. The molecule has 0 spiro atoms. The first kappa shape index (κ1) is 22.4. The summed E-state index contributed by atoms with van der Waals surface area (Å²) in [5.74, 6) is 0.211. The van der Waals surface area contributed by atoms with Gasteiger partial charge in [0, 0.05) is 12.1 Å². The van der Waals surface area contributed by atoms with E-state index in [-0.39, 0.29) is 22.9 Å². The third-order valence-electron chi connectivity index (χ3n) is 5.07. The van der Waals surface area contributed by atoms with Crippen molar-refractivity contribution in [1.82, 2.24) is 20.7 Å². The molecular weight excluding hydrogens is 408 g/mol. The van der Waals surface area contributed by atoms with Crippen molar-refractivity contribution < 1.29 is 22.7 Å². The van der Waals surface area contributed by atoms with Crippen molar-refractivity contribution in [1.29, 1.82) is 0 Å². The van der Waals surface area contributed by atoms with Crippen molar-refractivity contribution in [3.8, 4) is 5.75 Å². The molecule has 0 aliphatic carbocycles. The second kappa shape index (κ2) is 8.64. The third kappa shape index (κ3) is 4.40. The van der Waals surface area contributed by atoms with Gasteiger partial charge in [-0.1, -0.05) is 0 Å². The fraction of sp³-hybridized carbons (Fsp3) is 0.529. The number of carbonyl (C=O) groups is 2. The van der Waals surface area contributed by atoms with Gasteiger partial charge in [-0.05, 0) is 57.0 Å². The van der Waals surface area contributed by atoms with Crippen LogP contribution in [0.15, 0.2) is 23.1 Å². The minimum atomic E-state index is -3.76. The second-order valence-electron chi connectivity index (χ2n) is 6.94. The van der Waals surface area contributed by atoms with Crippen LogP contribution in [0.4, 0.5) is 4.79 Å². The van der Waals surface area contributed by atoms with Crippen LogP contribution in [0, 0.1) is 5.92 Å². The molecule has 1 aromatic carbocycles. The van der Waals surface area contributed by atoms with Gasteiger partial charge in [0.05, 0.1) is 12.0 Å². The zero-order chi connectivity index (χ0) is 19.7. The van der Waals surface area contributed by atoms with Gasteiger partial charge in [0.25, 0.3) is 5.91 Å². The Balaban J connectivity index is 0.00000280. The smallest absolute Gasteiger partial charge is 0.322 e. The molecule has 4 N–H and O–H groups in total. The largest absolute Gasteiger partial charge is 0.496 e. The Kier molecular flexibility index (Phi) is 6.92. The van der Waals surface area contributed by atoms with Crippen LogP contribution in [0.5, 0.6) is 5.75 Å². The van der Waals surface area contributed by atoms with Gasteiger partial charge in [0.15, 0.2) is 0 Å². The molecule has 2 aliphatic rings. The van der Waals surface area contributed by atoms with Crippen LogP contribution in [-0.4, -0.2) is 47.1 Å². The van der Waals surface area contributed by atoms with Gasteiger partial charge >= 0.3 is 6.03 Å². The van der Waals surface area contributed by atoms with Gasteiger partial charge in [-0.25, -0.2) is 17.9 Å². The number of urea groups is 1. The topological polar surface area (TPSA) is 126 Å². The lowest BCUT2D eigenvalue weighted by atomic mass is 9.91. The number of amides is 3. The van der Waals surface area contributed by atoms with E-state index in [1.165, 1.54) is 32.2 Å². The van der Waals surface area contributed by atoms with Crippen molar-refractivity contribution in [2.24, 2.45) is 5.92 Å². The predicted octanol–water partition coefficient (Wildman–Crippen LogP) is 0.450. The molecule has 156 valence electrons. The van der Waals surface area contributed by atoms with Gasteiger partial charge in [-0.15, -0.1) is 12.4 Å². The number of hydrogen-bond donors (Lipinski definition) is 4. The molecule has 11 heteroatoms. The maximum Gasteiger partial charge on any atom is 0.322 e. The summed E-state index contributed by atoms with van der Waals surface area (Å²) in [5.41, 5.74) is -1.14. The lowest BCUT2D eigenvalue weighted by Gasteiger charge is -2.24. The number of imide groups is 1. The summed E-state index contributed by atoms with van der Waals surface area (Å²) < 4.78 is 33.2. The van der Waals surface area contributed by atoms with Gasteiger partial charge < -0.3 is 15.4 Å². The first-order valence-electron chi connectivity index (χ1n) is 8.79. The monoisotopic (exact) mass is 432 g/mol. The van der Waals surface area contributed by atoms with Crippen LogP contribution >= 0.6 is 12.4 Å². The molecule has 1 aromatic rings. The molecule has 0 radical (unpaired) electrons. The highest BCUT2D eigenvalue weighted by Gasteiger charge is 2.45. The van der Waals surface area contributed by atoms with Crippen LogP contribution in [0.1, 0.15) is 25.3 Å².